The second-order valence-electron chi connectivity index (χ2n) is 2.90. The van der Waals surface area contributed by atoms with Crippen molar-refractivity contribution in [1.29, 1.82) is 0 Å². The number of rotatable bonds is 1. The smallest absolute Gasteiger partial charge is 0.258 e. The fourth-order valence-corrected chi connectivity index (χ4v) is 1.69. The van der Waals surface area contributed by atoms with E-state index in [1.807, 2.05) is 0 Å². The van der Waals surface area contributed by atoms with Crippen LogP contribution in [0.25, 0.3) is 11.5 Å². The summed E-state index contributed by atoms with van der Waals surface area (Å²) >= 11 is 17.6. The van der Waals surface area contributed by atoms with Gasteiger partial charge in [0.05, 0.1) is 15.1 Å². The van der Waals surface area contributed by atoms with Gasteiger partial charge in [0.25, 0.3) is 5.89 Å². The normalized spacial score (nSPS) is 10.7. The zero-order valence-electron chi connectivity index (χ0n) is 7.59. The Kier molecular flexibility index (Phi) is 2.87. The number of aromatic nitrogens is 2. The van der Waals surface area contributed by atoms with Gasteiger partial charge in [0.1, 0.15) is 0 Å². The van der Waals surface area contributed by atoms with Crippen molar-refractivity contribution < 1.29 is 4.52 Å². The molecule has 0 saturated carbocycles. The minimum atomic E-state index is 0.318. The third-order valence-electron chi connectivity index (χ3n) is 1.76. The molecule has 0 aliphatic carbocycles. The maximum atomic E-state index is 5.87. The van der Waals surface area contributed by atoms with E-state index in [-0.39, 0.29) is 0 Å². The van der Waals surface area contributed by atoms with Gasteiger partial charge in [-0.3, -0.25) is 0 Å². The molecule has 0 unspecified atom stereocenters. The molecule has 0 saturated heterocycles. The van der Waals surface area contributed by atoms with Crippen LogP contribution in [0.2, 0.25) is 15.1 Å². The molecule has 3 nitrogen and oxygen atoms in total. The third kappa shape index (κ3) is 2.09. The van der Waals surface area contributed by atoms with Crippen LogP contribution in [0.15, 0.2) is 16.7 Å². The summed E-state index contributed by atoms with van der Waals surface area (Å²) in [4.78, 5) is 4.05. The van der Waals surface area contributed by atoms with Gasteiger partial charge in [0.2, 0.25) is 0 Å². The number of benzene rings is 1. The molecule has 1 heterocycles. The molecule has 0 atom stereocenters. The third-order valence-corrected chi connectivity index (χ3v) is 2.96. The van der Waals surface area contributed by atoms with Crippen LogP contribution in [0.4, 0.5) is 0 Å². The van der Waals surface area contributed by atoms with Crippen molar-refractivity contribution in [2.75, 3.05) is 0 Å². The van der Waals surface area contributed by atoms with Gasteiger partial charge >= 0.3 is 0 Å². The zero-order chi connectivity index (χ0) is 11.0. The Morgan fingerprint density at radius 2 is 1.73 bits per heavy atom. The van der Waals surface area contributed by atoms with Crippen molar-refractivity contribution >= 4 is 34.8 Å². The summed E-state index contributed by atoms with van der Waals surface area (Å²) in [5.74, 6) is 0.917. The van der Waals surface area contributed by atoms with Crippen LogP contribution in [-0.4, -0.2) is 10.1 Å². The SMILES string of the molecule is Cc1noc(-c2cc(Cl)c(Cl)c(Cl)c2)n1. The van der Waals surface area contributed by atoms with Crippen LogP contribution in [0.3, 0.4) is 0 Å². The summed E-state index contributed by atoms with van der Waals surface area (Å²) in [6, 6.07) is 3.26. The van der Waals surface area contributed by atoms with Crippen LogP contribution in [0.1, 0.15) is 5.82 Å². The molecule has 0 bridgehead atoms. The molecule has 0 radical (unpaired) electrons. The molecule has 2 rings (SSSR count). The average Bonchev–Trinajstić information content (AvgIpc) is 2.60. The van der Waals surface area contributed by atoms with E-state index in [4.69, 9.17) is 39.3 Å². The van der Waals surface area contributed by atoms with Gasteiger partial charge in [0.15, 0.2) is 5.82 Å². The van der Waals surface area contributed by atoms with Crippen molar-refractivity contribution in [1.82, 2.24) is 10.1 Å². The van der Waals surface area contributed by atoms with E-state index in [0.717, 1.165) is 0 Å². The van der Waals surface area contributed by atoms with Gasteiger partial charge in [-0.2, -0.15) is 4.98 Å². The molecule has 0 spiro atoms. The molecule has 78 valence electrons. The first-order chi connectivity index (χ1) is 7.08. The summed E-state index contributed by atoms with van der Waals surface area (Å²) in [6.07, 6.45) is 0. The standard InChI is InChI=1S/C9H5Cl3N2O/c1-4-13-9(15-14-4)5-2-6(10)8(12)7(11)3-5/h2-3H,1H3. The summed E-state index contributed by atoms with van der Waals surface area (Å²) in [5.41, 5.74) is 0.648. The number of nitrogens with zero attached hydrogens (tertiary/aromatic N) is 2. The van der Waals surface area contributed by atoms with Gasteiger partial charge in [0, 0.05) is 5.56 Å². The first kappa shape index (κ1) is 10.7. The monoisotopic (exact) mass is 262 g/mol. The largest absolute Gasteiger partial charge is 0.334 e. The highest BCUT2D eigenvalue weighted by molar-refractivity contribution is 6.48. The molecule has 1 aromatic carbocycles. The van der Waals surface area contributed by atoms with E-state index in [0.29, 0.717) is 32.3 Å². The lowest BCUT2D eigenvalue weighted by Gasteiger charge is -2.00. The molecule has 1 aromatic heterocycles. The second kappa shape index (κ2) is 4.00. The summed E-state index contributed by atoms with van der Waals surface area (Å²) in [6.45, 7) is 1.73. The molecule has 0 fully saturated rings. The topological polar surface area (TPSA) is 38.9 Å². The van der Waals surface area contributed by atoms with Gasteiger partial charge < -0.3 is 4.52 Å². The van der Waals surface area contributed by atoms with Gasteiger partial charge in [-0.1, -0.05) is 40.0 Å². The highest BCUT2D eigenvalue weighted by atomic mass is 35.5. The van der Waals surface area contributed by atoms with E-state index in [9.17, 15) is 0 Å². The molecular weight excluding hydrogens is 258 g/mol. The molecule has 0 amide bonds. The lowest BCUT2D eigenvalue weighted by atomic mass is 10.2. The van der Waals surface area contributed by atoms with E-state index in [1.54, 1.807) is 19.1 Å². The molecule has 2 aromatic rings. The maximum absolute atomic E-state index is 5.87. The van der Waals surface area contributed by atoms with Crippen LogP contribution >= 0.6 is 34.8 Å². The van der Waals surface area contributed by atoms with Crippen molar-refractivity contribution in [2.24, 2.45) is 0 Å². The Balaban J connectivity index is 2.55. The van der Waals surface area contributed by atoms with Gasteiger partial charge in [-0.25, -0.2) is 0 Å². The first-order valence-corrected chi connectivity index (χ1v) is 5.16. The average molecular weight is 264 g/mol. The van der Waals surface area contributed by atoms with Gasteiger partial charge in [-0.05, 0) is 19.1 Å². The number of hydrogen-bond acceptors (Lipinski definition) is 3. The summed E-state index contributed by atoms with van der Waals surface area (Å²) < 4.78 is 4.98. The molecule has 6 heteroatoms. The Bertz CT molecular complexity index is 487. The van der Waals surface area contributed by atoms with Crippen LogP contribution in [0.5, 0.6) is 0 Å². The number of halogens is 3. The van der Waals surface area contributed by atoms with E-state index in [1.165, 1.54) is 0 Å². The van der Waals surface area contributed by atoms with Crippen LogP contribution < -0.4 is 0 Å². The van der Waals surface area contributed by atoms with E-state index < -0.39 is 0 Å². The Labute approximate surface area is 101 Å². The highest BCUT2D eigenvalue weighted by Gasteiger charge is 2.11. The van der Waals surface area contributed by atoms with Crippen LogP contribution in [-0.2, 0) is 0 Å². The lowest BCUT2D eigenvalue weighted by Crippen LogP contribution is -1.80. The lowest BCUT2D eigenvalue weighted by molar-refractivity contribution is 0.425. The van der Waals surface area contributed by atoms with Crippen molar-refractivity contribution in [2.45, 2.75) is 6.92 Å². The molecule has 0 aliphatic rings. The molecular formula is C9H5Cl3N2O. The molecule has 15 heavy (non-hydrogen) atoms. The fraction of sp³-hybridized carbons (Fsp3) is 0.111. The molecule has 0 aliphatic heterocycles. The maximum Gasteiger partial charge on any atom is 0.258 e. The van der Waals surface area contributed by atoms with E-state index >= 15 is 0 Å². The van der Waals surface area contributed by atoms with Crippen molar-refractivity contribution in [3.05, 3.63) is 33.0 Å². The first-order valence-electron chi connectivity index (χ1n) is 4.03. The van der Waals surface area contributed by atoms with E-state index in [2.05, 4.69) is 10.1 Å². The molecule has 0 N–H and O–H groups in total. The highest BCUT2D eigenvalue weighted by Crippen LogP contribution is 2.34. The zero-order valence-corrected chi connectivity index (χ0v) is 9.86. The Hall–Kier alpha value is -0.770. The Morgan fingerprint density at radius 1 is 1.13 bits per heavy atom. The van der Waals surface area contributed by atoms with Gasteiger partial charge in [-0.15, -0.1) is 0 Å². The van der Waals surface area contributed by atoms with Crippen molar-refractivity contribution in [3.8, 4) is 11.5 Å². The quantitative estimate of drug-likeness (QED) is 0.730. The Morgan fingerprint density at radius 3 is 2.20 bits per heavy atom. The minimum Gasteiger partial charge on any atom is -0.334 e. The second-order valence-corrected chi connectivity index (χ2v) is 4.09. The van der Waals surface area contributed by atoms with Crippen molar-refractivity contribution in [3.63, 3.8) is 0 Å². The fourth-order valence-electron chi connectivity index (χ4n) is 1.09. The number of hydrogen-bond donors (Lipinski definition) is 0. The minimum absolute atomic E-state index is 0.318. The summed E-state index contributed by atoms with van der Waals surface area (Å²) in [7, 11) is 0. The predicted octanol–water partition coefficient (Wildman–Crippen LogP) is 4.01. The summed E-state index contributed by atoms with van der Waals surface area (Å²) in [5, 5.41) is 4.70. The predicted molar refractivity (Wildman–Crippen MR) is 59.5 cm³/mol. The number of aryl methyl sites for hydroxylation is 1. The van der Waals surface area contributed by atoms with Crippen LogP contribution in [0, 0.1) is 6.92 Å².